The maximum Gasteiger partial charge on any atom is 0.0219 e. The largest absolute Gasteiger partial charge is 0.326 e. The van der Waals surface area contributed by atoms with Crippen molar-refractivity contribution >= 4 is 0 Å². The Morgan fingerprint density at radius 1 is 1.12 bits per heavy atom. The second kappa shape index (κ2) is 5.99. The molecule has 3 N–H and O–H groups in total. The maximum absolute atomic E-state index is 6.15. The van der Waals surface area contributed by atoms with E-state index in [1.54, 1.807) is 0 Å². The Hall–Kier alpha value is -0.120. The number of nitrogens with two attached hydrogens (primary N) is 1. The van der Waals surface area contributed by atoms with Gasteiger partial charge in [-0.3, -0.25) is 0 Å². The van der Waals surface area contributed by atoms with E-state index in [1.165, 1.54) is 58.2 Å². The van der Waals surface area contributed by atoms with Crippen LogP contribution in [0.1, 0.15) is 38.5 Å². The molecule has 3 nitrogen and oxygen atoms in total. The van der Waals surface area contributed by atoms with E-state index in [1.807, 2.05) is 0 Å². The molecule has 3 heteroatoms. The molecule has 0 aromatic rings. The van der Waals surface area contributed by atoms with Crippen LogP contribution in [0.4, 0.5) is 0 Å². The smallest absolute Gasteiger partial charge is 0.0219 e. The predicted octanol–water partition coefficient (Wildman–Crippen LogP) is 1.19. The molecule has 0 bridgehead atoms. The first-order valence-corrected chi connectivity index (χ1v) is 6.93. The van der Waals surface area contributed by atoms with E-state index in [9.17, 15) is 0 Å². The lowest BCUT2D eigenvalue weighted by atomic mass is 9.90. The highest BCUT2D eigenvalue weighted by molar-refractivity contribution is 4.84. The van der Waals surface area contributed by atoms with Gasteiger partial charge in [0.15, 0.2) is 0 Å². The molecule has 2 aliphatic rings. The molecule has 2 atom stereocenters. The zero-order valence-electron chi connectivity index (χ0n) is 10.6. The van der Waals surface area contributed by atoms with E-state index in [0.717, 1.165) is 5.92 Å². The fourth-order valence-corrected chi connectivity index (χ4v) is 3.00. The molecular formula is C13H27N3. The number of nitrogens with one attached hydrogen (secondary N) is 1. The highest BCUT2D eigenvalue weighted by atomic mass is 15.1. The summed E-state index contributed by atoms with van der Waals surface area (Å²) < 4.78 is 0. The number of likely N-dealkylation sites (tertiary alicyclic amines) is 1. The Balaban J connectivity index is 1.66. The molecule has 0 aromatic carbocycles. The number of nitrogens with zero attached hydrogens (tertiary/aromatic N) is 1. The zero-order valence-corrected chi connectivity index (χ0v) is 10.6. The van der Waals surface area contributed by atoms with Crippen LogP contribution in [-0.4, -0.2) is 43.7 Å². The third-order valence-corrected chi connectivity index (χ3v) is 4.33. The van der Waals surface area contributed by atoms with Gasteiger partial charge in [-0.05, 0) is 58.3 Å². The molecule has 0 radical (unpaired) electrons. The Kier molecular flexibility index (Phi) is 4.62. The molecule has 0 spiro atoms. The first kappa shape index (κ1) is 12.3. The van der Waals surface area contributed by atoms with Gasteiger partial charge in [0, 0.05) is 12.1 Å². The minimum absolute atomic E-state index is 0.403. The zero-order chi connectivity index (χ0) is 11.4. The third kappa shape index (κ3) is 3.44. The lowest BCUT2D eigenvalue weighted by molar-refractivity contribution is 0.205. The second-order valence-electron chi connectivity index (χ2n) is 5.71. The van der Waals surface area contributed by atoms with Gasteiger partial charge in [0.05, 0.1) is 0 Å². The number of hydrogen-bond donors (Lipinski definition) is 2. The Morgan fingerprint density at radius 3 is 2.50 bits per heavy atom. The number of hydrogen-bond acceptors (Lipinski definition) is 3. The van der Waals surface area contributed by atoms with Crippen LogP contribution < -0.4 is 11.1 Å². The van der Waals surface area contributed by atoms with E-state index in [2.05, 4.69) is 17.3 Å². The van der Waals surface area contributed by atoms with Gasteiger partial charge in [-0.1, -0.05) is 12.8 Å². The molecule has 2 rings (SSSR count). The third-order valence-electron chi connectivity index (χ3n) is 4.33. The molecule has 2 fully saturated rings. The maximum atomic E-state index is 6.15. The van der Waals surface area contributed by atoms with Crippen molar-refractivity contribution in [3.63, 3.8) is 0 Å². The van der Waals surface area contributed by atoms with Crippen LogP contribution in [0, 0.1) is 5.92 Å². The van der Waals surface area contributed by atoms with E-state index in [-0.39, 0.29) is 0 Å². The molecule has 94 valence electrons. The van der Waals surface area contributed by atoms with Crippen molar-refractivity contribution in [3.05, 3.63) is 0 Å². The van der Waals surface area contributed by atoms with E-state index in [4.69, 9.17) is 5.73 Å². The molecule has 1 heterocycles. The molecule has 1 saturated heterocycles. The Bertz CT molecular complexity index is 199. The van der Waals surface area contributed by atoms with Crippen LogP contribution in [0.3, 0.4) is 0 Å². The van der Waals surface area contributed by atoms with Gasteiger partial charge in [0.1, 0.15) is 0 Å². The summed E-state index contributed by atoms with van der Waals surface area (Å²) in [6.07, 6.45) is 7.89. The van der Waals surface area contributed by atoms with Gasteiger partial charge < -0.3 is 16.0 Å². The molecule has 0 amide bonds. The fraction of sp³-hybridized carbons (Fsp3) is 1.00. The van der Waals surface area contributed by atoms with E-state index in [0.29, 0.717) is 12.1 Å². The van der Waals surface area contributed by atoms with Gasteiger partial charge in [-0.2, -0.15) is 0 Å². The highest BCUT2D eigenvalue weighted by Gasteiger charge is 2.23. The summed E-state index contributed by atoms with van der Waals surface area (Å²) in [5.41, 5.74) is 6.15. The van der Waals surface area contributed by atoms with Crippen molar-refractivity contribution < 1.29 is 0 Å². The summed E-state index contributed by atoms with van der Waals surface area (Å²) in [5, 5.41) is 3.71. The summed E-state index contributed by atoms with van der Waals surface area (Å²) in [7, 11) is 2.22. The average Bonchev–Trinajstić information content (AvgIpc) is 2.30. The Morgan fingerprint density at radius 2 is 1.81 bits per heavy atom. The molecule has 1 saturated carbocycles. The lowest BCUT2D eigenvalue weighted by Crippen LogP contribution is -2.49. The summed E-state index contributed by atoms with van der Waals surface area (Å²) in [5.74, 6) is 0.880. The molecule has 16 heavy (non-hydrogen) atoms. The van der Waals surface area contributed by atoms with Crippen molar-refractivity contribution in [2.75, 3.05) is 26.7 Å². The van der Waals surface area contributed by atoms with Gasteiger partial charge >= 0.3 is 0 Å². The van der Waals surface area contributed by atoms with Gasteiger partial charge in [0.25, 0.3) is 0 Å². The van der Waals surface area contributed by atoms with Gasteiger partial charge in [-0.25, -0.2) is 0 Å². The molecule has 1 aliphatic heterocycles. The normalized spacial score (nSPS) is 34.1. The quantitative estimate of drug-likeness (QED) is 0.758. The first-order valence-electron chi connectivity index (χ1n) is 6.93. The fourth-order valence-electron chi connectivity index (χ4n) is 3.00. The predicted molar refractivity (Wildman–Crippen MR) is 68.5 cm³/mol. The minimum Gasteiger partial charge on any atom is -0.326 e. The topological polar surface area (TPSA) is 41.3 Å². The summed E-state index contributed by atoms with van der Waals surface area (Å²) in [4.78, 5) is 2.43. The van der Waals surface area contributed by atoms with Crippen molar-refractivity contribution in [2.45, 2.75) is 50.6 Å². The average molecular weight is 225 g/mol. The van der Waals surface area contributed by atoms with Crippen LogP contribution in [0.15, 0.2) is 0 Å². The molecular weight excluding hydrogens is 198 g/mol. The van der Waals surface area contributed by atoms with Crippen LogP contribution >= 0.6 is 0 Å². The van der Waals surface area contributed by atoms with Crippen LogP contribution in [0.2, 0.25) is 0 Å². The van der Waals surface area contributed by atoms with Crippen LogP contribution in [0.5, 0.6) is 0 Å². The number of rotatable bonds is 3. The number of piperidine rings is 1. The van der Waals surface area contributed by atoms with Crippen molar-refractivity contribution in [3.8, 4) is 0 Å². The van der Waals surface area contributed by atoms with Crippen LogP contribution in [-0.2, 0) is 0 Å². The second-order valence-corrected chi connectivity index (χ2v) is 5.71. The van der Waals surface area contributed by atoms with Crippen molar-refractivity contribution in [1.29, 1.82) is 0 Å². The van der Waals surface area contributed by atoms with Crippen LogP contribution in [0.25, 0.3) is 0 Å². The summed E-state index contributed by atoms with van der Waals surface area (Å²) in [6.45, 7) is 3.72. The Labute approximate surface area is 99.8 Å². The van der Waals surface area contributed by atoms with E-state index >= 15 is 0 Å². The van der Waals surface area contributed by atoms with Crippen molar-refractivity contribution in [2.24, 2.45) is 11.7 Å². The summed E-state index contributed by atoms with van der Waals surface area (Å²) >= 11 is 0. The van der Waals surface area contributed by atoms with Gasteiger partial charge in [-0.15, -0.1) is 0 Å². The highest BCUT2D eigenvalue weighted by Crippen LogP contribution is 2.19. The summed E-state index contributed by atoms with van der Waals surface area (Å²) in [6, 6.07) is 0.994. The monoisotopic (exact) mass is 225 g/mol. The van der Waals surface area contributed by atoms with E-state index < -0.39 is 0 Å². The van der Waals surface area contributed by atoms with Gasteiger partial charge in [0.2, 0.25) is 0 Å². The lowest BCUT2D eigenvalue weighted by Gasteiger charge is -2.33. The minimum atomic E-state index is 0.403. The standard InChI is InChI=1S/C13H27N3/c1-16-8-6-11(7-9-16)10-15-13-5-3-2-4-12(13)14/h11-13,15H,2-10,14H2,1H3. The molecule has 2 unspecified atom stereocenters. The molecule has 0 aromatic heterocycles. The SMILES string of the molecule is CN1CCC(CNC2CCCCC2N)CC1. The molecule has 1 aliphatic carbocycles. The van der Waals surface area contributed by atoms with Crippen molar-refractivity contribution in [1.82, 2.24) is 10.2 Å². The first-order chi connectivity index (χ1) is 7.75.